The molecule has 2 rings (SSSR count). The molecule has 1 unspecified atom stereocenters. The molecule has 114 valence electrons. The van der Waals surface area contributed by atoms with Gasteiger partial charge in [-0.15, -0.1) is 0 Å². The summed E-state index contributed by atoms with van der Waals surface area (Å²) in [5.74, 6) is 1.87. The van der Waals surface area contributed by atoms with Gasteiger partial charge in [0.1, 0.15) is 11.5 Å². The van der Waals surface area contributed by atoms with E-state index in [4.69, 9.17) is 14.0 Å². The van der Waals surface area contributed by atoms with E-state index < -0.39 is 6.10 Å². The Labute approximate surface area is 122 Å². The maximum atomic E-state index is 10.3. The SMILES string of the molecule is COc1ccc(OC)c(C(O)CNCCc2ncno2)c1. The highest BCUT2D eigenvalue weighted by Gasteiger charge is 2.14. The molecule has 0 amide bonds. The van der Waals surface area contributed by atoms with Crippen LogP contribution in [-0.4, -0.2) is 42.6 Å². The highest BCUT2D eigenvalue weighted by atomic mass is 16.5. The second-order valence-electron chi connectivity index (χ2n) is 4.41. The van der Waals surface area contributed by atoms with Crippen molar-refractivity contribution >= 4 is 0 Å². The Hall–Kier alpha value is -2.12. The highest BCUT2D eigenvalue weighted by Crippen LogP contribution is 2.28. The van der Waals surface area contributed by atoms with Gasteiger partial charge in [0.15, 0.2) is 6.33 Å². The predicted octanol–water partition coefficient (Wildman–Crippen LogP) is 0.952. The van der Waals surface area contributed by atoms with Gasteiger partial charge < -0.3 is 24.4 Å². The molecular weight excluding hydrogens is 274 g/mol. The van der Waals surface area contributed by atoms with Crippen LogP contribution in [0.15, 0.2) is 29.0 Å². The summed E-state index contributed by atoms with van der Waals surface area (Å²) in [5.41, 5.74) is 0.683. The van der Waals surface area contributed by atoms with E-state index in [1.807, 2.05) is 0 Å². The first-order valence-electron chi connectivity index (χ1n) is 6.61. The van der Waals surface area contributed by atoms with E-state index in [2.05, 4.69) is 15.5 Å². The van der Waals surface area contributed by atoms with Crippen molar-refractivity contribution in [3.05, 3.63) is 36.0 Å². The average molecular weight is 293 g/mol. The number of nitrogens with zero attached hydrogens (tertiary/aromatic N) is 2. The molecule has 0 saturated carbocycles. The van der Waals surface area contributed by atoms with E-state index in [-0.39, 0.29) is 0 Å². The first-order valence-corrected chi connectivity index (χ1v) is 6.61. The third kappa shape index (κ3) is 4.17. The van der Waals surface area contributed by atoms with Crippen LogP contribution in [0.2, 0.25) is 0 Å². The van der Waals surface area contributed by atoms with Crippen LogP contribution in [0.25, 0.3) is 0 Å². The molecule has 0 aliphatic heterocycles. The molecule has 0 radical (unpaired) electrons. The average Bonchev–Trinajstić information content (AvgIpc) is 3.04. The van der Waals surface area contributed by atoms with Crippen molar-refractivity contribution in [2.24, 2.45) is 0 Å². The van der Waals surface area contributed by atoms with Gasteiger partial charge in [0.25, 0.3) is 0 Å². The molecule has 1 heterocycles. The Morgan fingerprint density at radius 2 is 2.19 bits per heavy atom. The van der Waals surface area contributed by atoms with Gasteiger partial charge in [-0.05, 0) is 18.2 Å². The van der Waals surface area contributed by atoms with E-state index in [0.29, 0.717) is 42.5 Å². The Balaban J connectivity index is 1.88. The van der Waals surface area contributed by atoms with Crippen molar-refractivity contribution in [3.63, 3.8) is 0 Å². The standard InChI is InChI=1S/C14H19N3O4/c1-19-10-3-4-13(20-2)11(7-10)12(18)8-15-6-5-14-16-9-17-21-14/h3-4,7,9,12,15,18H,5-6,8H2,1-2H3. The number of aromatic nitrogens is 2. The van der Waals surface area contributed by atoms with E-state index >= 15 is 0 Å². The minimum absolute atomic E-state index is 0.387. The van der Waals surface area contributed by atoms with Crippen LogP contribution in [0.3, 0.4) is 0 Å². The van der Waals surface area contributed by atoms with Gasteiger partial charge in [-0.3, -0.25) is 0 Å². The molecule has 7 heteroatoms. The van der Waals surface area contributed by atoms with Gasteiger partial charge >= 0.3 is 0 Å². The highest BCUT2D eigenvalue weighted by molar-refractivity contribution is 5.41. The molecule has 0 aliphatic carbocycles. The maximum Gasteiger partial charge on any atom is 0.227 e. The van der Waals surface area contributed by atoms with Crippen LogP contribution in [0.5, 0.6) is 11.5 Å². The van der Waals surface area contributed by atoms with Crippen LogP contribution < -0.4 is 14.8 Å². The zero-order valence-electron chi connectivity index (χ0n) is 12.1. The summed E-state index contributed by atoms with van der Waals surface area (Å²) in [4.78, 5) is 3.92. The molecule has 1 aromatic heterocycles. The summed E-state index contributed by atoms with van der Waals surface area (Å²) in [6.45, 7) is 1.02. The molecule has 0 fully saturated rings. The summed E-state index contributed by atoms with van der Waals surface area (Å²) >= 11 is 0. The Morgan fingerprint density at radius 1 is 1.33 bits per heavy atom. The van der Waals surface area contributed by atoms with Crippen LogP contribution in [0.4, 0.5) is 0 Å². The summed E-state index contributed by atoms with van der Waals surface area (Å²) < 4.78 is 15.3. The molecule has 0 saturated heterocycles. The number of rotatable bonds is 8. The summed E-state index contributed by atoms with van der Waals surface area (Å²) in [7, 11) is 3.15. The fourth-order valence-electron chi connectivity index (χ4n) is 1.95. The third-order valence-corrected chi connectivity index (χ3v) is 3.06. The second kappa shape index (κ2) is 7.61. The Morgan fingerprint density at radius 3 is 2.86 bits per heavy atom. The lowest BCUT2D eigenvalue weighted by molar-refractivity contribution is 0.170. The lowest BCUT2D eigenvalue weighted by Gasteiger charge is -2.16. The molecule has 0 bridgehead atoms. The van der Waals surface area contributed by atoms with Gasteiger partial charge in [-0.25, -0.2) is 0 Å². The fourth-order valence-corrected chi connectivity index (χ4v) is 1.95. The quantitative estimate of drug-likeness (QED) is 0.700. The van der Waals surface area contributed by atoms with Crippen molar-refractivity contribution in [2.45, 2.75) is 12.5 Å². The number of hydrogen-bond acceptors (Lipinski definition) is 7. The number of nitrogens with one attached hydrogen (secondary N) is 1. The molecule has 0 spiro atoms. The minimum Gasteiger partial charge on any atom is -0.497 e. The fraction of sp³-hybridized carbons (Fsp3) is 0.429. The Bertz CT molecular complexity index is 545. The van der Waals surface area contributed by atoms with Gasteiger partial charge in [0, 0.05) is 25.1 Å². The number of methoxy groups -OCH3 is 2. The minimum atomic E-state index is -0.697. The van der Waals surface area contributed by atoms with Gasteiger partial charge in [-0.2, -0.15) is 4.98 Å². The number of hydrogen-bond donors (Lipinski definition) is 2. The van der Waals surface area contributed by atoms with E-state index in [0.717, 1.165) is 0 Å². The molecule has 1 aromatic carbocycles. The zero-order chi connectivity index (χ0) is 15.1. The summed E-state index contributed by atoms with van der Waals surface area (Å²) in [5, 5.41) is 16.9. The first kappa shape index (κ1) is 15.3. The molecular formula is C14H19N3O4. The largest absolute Gasteiger partial charge is 0.497 e. The third-order valence-electron chi connectivity index (χ3n) is 3.06. The summed E-state index contributed by atoms with van der Waals surface area (Å²) in [6.07, 6.45) is 1.28. The van der Waals surface area contributed by atoms with Crippen molar-refractivity contribution in [1.82, 2.24) is 15.5 Å². The zero-order valence-corrected chi connectivity index (χ0v) is 12.1. The van der Waals surface area contributed by atoms with Crippen LogP contribution >= 0.6 is 0 Å². The van der Waals surface area contributed by atoms with Gasteiger partial charge in [-0.1, -0.05) is 5.16 Å². The summed E-state index contributed by atoms with van der Waals surface area (Å²) in [6, 6.07) is 5.33. The smallest absolute Gasteiger partial charge is 0.227 e. The number of benzene rings is 1. The number of ether oxygens (including phenoxy) is 2. The molecule has 2 N–H and O–H groups in total. The van der Waals surface area contributed by atoms with Crippen LogP contribution in [0, 0.1) is 0 Å². The molecule has 0 aliphatic rings. The second-order valence-corrected chi connectivity index (χ2v) is 4.41. The van der Waals surface area contributed by atoms with Crippen LogP contribution in [-0.2, 0) is 6.42 Å². The molecule has 2 aromatic rings. The molecule has 21 heavy (non-hydrogen) atoms. The van der Waals surface area contributed by atoms with E-state index in [1.165, 1.54) is 6.33 Å². The normalized spacial score (nSPS) is 12.1. The van der Waals surface area contributed by atoms with Gasteiger partial charge in [0.05, 0.1) is 20.3 Å². The van der Waals surface area contributed by atoms with Crippen molar-refractivity contribution in [2.75, 3.05) is 27.3 Å². The van der Waals surface area contributed by atoms with Crippen molar-refractivity contribution in [3.8, 4) is 11.5 Å². The van der Waals surface area contributed by atoms with Gasteiger partial charge in [0.2, 0.25) is 5.89 Å². The van der Waals surface area contributed by atoms with Crippen molar-refractivity contribution in [1.29, 1.82) is 0 Å². The predicted molar refractivity (Wildman–Crippen MR) is 75.4 cm³/mol. The lowest BCUT2D eigenvalue weighted by atomic mass is 10.1. The Kier molecular flexibility index (Phi) is 5.53. The topological polar surface area (TPSA) is 89.6 Å². The van der Waals surface area contributed by atoms with E-state index in [1.54, 1.807) is 32.4 Å². The maximum absolute atomic E-state index is 10.3. The number of aliphatic hydroxyl groups is 1. The van der Waals surface area contributed by atoms with E-state index in [9.17, 15) is 5.11 Å². The first-order chi connectivity index (χ1) is 10.2. The lowest BCUT2D eigenvalue weighted by Crippen LogP contribution is -2.24. The monoisotopic (exact) mass is 293 g/mol. The molecule has 7 nitrogen and oxygen atoms in total. The van der Waals surface area contributed by atoms with Crippen molar-refractivity contribution < 1.29 is 19.1 Å². The number of aliphatic hydroxyl groups excluding tert-OH is 1. The molecule has 1 atom stereocenters. The van der Waals surface area contributed by atoms with Crippen LogP contribution in [0.1, 0.15) is 17.6 Å².